The first kappa shape index (κ1) is 20.6. The number of aryl methyl sites for hydroxylation is 1. The first-order chi connectivity index (χ1) is 13.3. The lowest BCUT2D eigenvalue weighted by atomic mass is 9.98. The van der Waals surface area contributed by atoms with Gasteiger partial charge in [-0.05, 0) is 31.9 Å². The van der Waals surface area contributed by atoms with Gasteiger partial charge in [-0.3, -0.25) is 4.79 Å². The molecule has 152 valence electrons. The molecule has 1 atom stereocenters. The highest BCUT2D eigenvalue weighted by Crippen LogP contribution is 2.30. The van der Waals surface area contributed by atoms with Gasteiger partial charge in [0.1, 0.15) is 15.7 Å². The Morgan fingerprint density at radius 1 is 1.18 bits per heavy atom. The van der Waals surface area contributed by atoms with Crippen LogP contribution in [-0.2, 0) is 14.8 Å². The van der Waals surface area contributed by atoms with Gasteiger partial charge in [0.25, 0.3) is 10.0 Å². The molecule has 0 unspecified atom stereocenters. The molecule has 2 heterocycles. The molecule has 1 saturated heterocycles. The highest BCUT2D eigenvalue weighted by Gasteiger charge is 2.34. The van der Waals surface area contributed by atoms with E-state index in [0.29, 0.717) is 40.8 Å². The van der Waals surface area contributed by atoms with Crippen molar-refractivity contribution in [2.24, 2.45) is 5.92 Å². The molecule has 1 aromatic heterocycles. The predicted octanol–water partition coefficient (Wildman–Crippen LogP) is 3.11. The minimum Gasteiger partial charge on any atom is -0.497 e. The Bertz CT molecular complexity index is 933. The van der Waals surface area contributed by atoms with E-state index in [0.717, 1.165) is 4.88 Å². The van der Waals surface area contributed by atoms with Crippen molar-refractivity contribution >= 4 is 33.0 Å². The van der Waals surface area contributed by atoms with Crippen LogP contribution in [0.1, 0.15) is 17.7 Å². The van der Waals surface area contributed by atoms with Crippen LogP contribution in [0.5, 0.6) is 11.5 Å². The molecular formula is C19H24N2O5S2. The van der Waals surface area contributed by atoms with Crippen LogP contribution < -0.4 is 14.8 Å². The Labute approximate surface area is 169 Å². The molecule has 0 radical (unpaired) electrons. The molecule has 0 saturated carbocycles. The number of hydrogen-bond donors (Lipinski definition) is 1. The fraction of sp³-hybridized carbons (Fsp3) is 0.421. The second kappa shape index (κ2) is 8.50. The topological polar surface area (TPSA) is 84.9 Å². The maximum absolute atomic E-state index is 12.9. The number of carbonyl (C=O) groups is 1. The fourth-order valence-electron chi connectivity index (χ4n) is 3.18. The van der Waals surface area contributed by atoms with Crippen LogP contribution in [0.3, 0.4) is 0 Å². The number of sulfonamides is 1. The number of piperidine rings is 1. The van der Waals surface area contributed by atoms with E-state index in [1.54, 1.807) is 30.3 Å². The van der Waals surface area contributed by atoms with Crippen molar-refractivity contribution in [3.63, 3.8) is 0 Å². The third-order valence-corrected chi connectivity index (χ3v) is 8.02. The second-order valence-electron chi connectivity index (χ2n) is 6.66. The second-order valence-corrected chi connectivity index (χ2v) is 10.1. The van der Waals surface area contributed by atoms with Gasteiger partial charge in [0.2, 0.25) is 5.91 Å². The maximum Gasteiger partial charge on any atom is 0.252 e. The normalized spacial score (nSPS) is 17.9. The summed E-state index contributed by atoms with van der Waals surface area (Å²) in [5.74, 6) is 0.505. The van der Waals surface area contributed by atoms with Gasteiger partial charge in [0, 0.05) is 41.9 Å². The summed E-state index contributed by atoms with van der Waals surface area (Å²) in [6, 6.07) is 8.54. The molecule has 0 bridgehead atoms. The van der Waals surface area contributed by atoms with E-state index in [9.17, 15) is 13.2 Å². The first-order valence-corrected chi connectivity index (χ1v) is 11.2. The summed E-state index contributed by atoms with van der Waals surface area (Å²) in [5.41, 5.74) is 0.551. The molecule has 1 aliphatic heterocycles. The van der Waals surface area contributed by atoms with Crippen LogP contribution in [0.4, 0.5) is 5.69 Å². The van der Waals surface area contributed by atoms with Gasteiger partial charge in [0.15, 0.2) is 0 Å². The van der Waals surface area contributed by atoms with Crippen molar-refractivity contribution in [1.29, 1.82) is 0 Å². The summed E-state index contributed by atoms with van der Waals surface area (Å²) in [5, 5.41) is 2.86. The number of ether oxygens (including phenoxy) is 2. The number of rotatable bonds is 6. The summed E-state index contributed by atoms with van der Waals surface area (Å²) < 4.78 is 37.9. The van der Waals surface area contributed by atoms with Crippen LogP contribution in [0.2, 0.25) is 0 Å². The lowest BCUT2D eigenvalue weighted by Crippen LogP contribution is -2.43. The molecular weight excluding hydrogens is 400 g/mol. The Morgan fingerprint density at radius 2 is 1.86 bits per heavy atom. The molecule has 9 heteroatoms. The van der Waals surface area contributed by atoms with E-state index in [-0.39, 0.29) is 12.5 Å². The minimum atomic E-state index is -3.57. The highest BCUT2D eigenvalue weighted by molar-refractivity contribution is 7.91. The number of nitrogens with one attached hydrogen (secondary N) is 1. The molecule has 28 heavy (non-hydrogen) atoms. The average Bonchev–Trinajstić information content (AvgIpc) is 3.15. The Kier molecular flexibility index (Phi) is 6.26. The number of anilines is 1. The summed E-state index contributed by atoms with van der Waals surface area (Å²) in [7, 11) is -0.494. The van der Waals surface area contributed by atoms with Gasteiger partial charge in [-0.2, -0.15) is 4.31 Å². The van der Waals surface area contributed by atoms with Crippen molar-refractivity contribution in [2.75, 3.05) is 32.6 Å². The molecule has 1 fully saturated rings. The monoisotopic (exact) mass is 424 g/mol. The molecule has 2 aromatic rings. The van der Waals surface area contributed by atoms with Gasteiger partial charge in [-0.15, -0.1) is 11.3 Å². The van der Waals surface area contributed by atoms with Crippen molar-refractivity contribution in [3.8, 4) is 11.5 Å². The lowest BCUT2D eigenvalue weighted by Gasteiger charge is -2.30. The number of hydrogen-bond acceptors (Lipinski definition) is 6. The van der Waals surface area contributed by atoms with E-state index in [2.05, 4.69) is 5.32 Å². The van der Waals surface area contributed by atoms with Gasteiger partial charge < -0.3 is 14.8 Å². The van der Waals surface area contributed by atoms with Gasteiger partial charge >= 0.3 is 0 Å². The standard InChI is InChI=1S/C19H24N2O5S2/c1-13-6-7-18(27-13)28(23,24)21-8-4-5-14(12-21)19(22)20-15-9-16(25-2)11-17(10-15)26-3/h6-7,9-11,14H,4-5,8,12H2,1-3H3,(H,20,22)/t14-/m1/s1. The molecule has 1 aliphatic rings. The number of methoxy groups -OCH3 is 2. The molecule has 0 spiro atoms. The number of amides is 1. The molecule has 1 N–H and O–H groups in total. The van der Waals surface area contributed by atoms with Crippen molar-refractivity contribution in [2.45, 2.75) is 24.0 Å². The number of carbonyl (C=O) groups excluding carboxylic acids is 1. The van der Waals surface area contributed by atoms with Crippen molar-refractivity contribution < 1.29 is 22.7 Å². The quantitative estimate of drug-likeness (QED) is 0.770. The highest BCUT2D eigenvalue weighted by atomic mass is 32.2. The fourth-order valence-corrected chi connectivity index (χ4v) is 6.14. The van der Waals surface area contributed by atoms with Crippen LogP contribution in [0.15, 0.2) is 34.5 Å². The lowest BCUT2D eigenvalue weighted by molar-refractivity contribution is -0.120. The van der Waals surface area contributed by atoms with Crippen molar-refractivity contribution in [1.82, 2.24) is 4.31 Å². The SMILES string of the molecule is COc1cc(NC(=O)[C@@H]2CCCN(S(=O)(=O)c3ccc(C)s3)C2)cc(OC)c1. The van der Waals surface area contributed by atoms with Gasteiger partial charge in [-0.25, -0.2) is 8.42 Å². The number of benzene rings is 1. The van der Waals surface area contributed by atoms with Crippen molar-refractivity contribution in [3.05, 3.63) is 35.2 Å². The zero-order valence-electron chi connectivity index (χ0n) is 16.1. The zero-order chi connectivity index (χ0) is 20.3. The molecule has 1 amide bonds. The minimum absolute atomic E-state index is 0.173. The predicted molar refractivity (Wildman–Crippen MR) is 109 cm³/mol. The third-order valence-electron chi connectivity index (χ3n) is 4.68. The first-order valence-electron chi connectivity index (χ1n) is 8.94. The molecule has 0 aliphatic carbocycles. The Hall–Kier alpha value is -2.10. The average molecular weight is 425 g/mol. The van der Waals surface area contributed by atoms with Gasteiger partial charge in [-0.1, -0.05) is 0 Å². The number of thiophene rings is 1. The third kappa shape index (κ3) is 4.48. The summed E-state index contributed by atoms with van der Waals surface area (Å²) >= 11 is 1.25. The Balaban J connectivity index is 1.73. The van der Waals surface area contributed by atoms with E-state index in [4.69, 9.17) is 9.47 Å². The van der Waals surface area contributed by atoms with E-state index < -0.39 is 15.9 Å². The molecule has 1 aromatic carbocycles. The maximum atomic E-state index is 12.9. The van der Waals surface area contributed by atoms with Crippen LogP contribution in [0.25, 0.3) is 0 Å². The van der Waals surface area contributed by atoms with E-state index in [1.165, 1.54) is 29.9 Å². The largest absolute Gasteiger partial charge is 0.497 e. The van der Waals surface area contributed by atoms with Gasteiger partial charge in [0.05, 0.1) is 20.1 Å². The van der Waals surface area contributed by atoms with E-state index >= 15 is 0 Å². The van der Waals surface area contributed by atoms with Crippen LogP contribution in [0, 0.1) is 12.8 Å². The van der Waals surface area contributed by atoms with E-state index in [1.807, 2.05) is 6.92 Å². The number of nitrogens with zero attached hydrogens (tertiary/aromatic N) is 1. The summed E-state index contributed by atoms with van der Waals surface area (Å²) in [6.45, 7) is 2.47. The van der Waals surface area contributed by atoms with Crippen LogP contribution in [-0.4, -0.2) is 45.9 Å². The summed E-state index contributed by atoms with van der Waals surface area (Å²) in [4.78, 5) is 13.7. The zero-order valence-corrected chi connectivity index (χ0v) is 17.7. The summed E-state index contributed by atoms with van der Waals surface area (Å²) in [6.07, 6.45) is 1.28. The van der Waals surface area contributed by atoms with Crippen LogP contribution >= 0.6 is 11.3 Å². The smallest absolute Gasteiger partial charge is 0.252 e. The molecule has 3 rings (SSSR count). The Morgan fingerprint density at radius 3 is 2.43 bits per heavy atom. The molecule has 7 nitrogen and oxygen atoms in total.